The third-order valence-electron chi connectivity index (χ3n) is 2.69. The van der Waals surface area contributed by atoms with E-state index in [0.29, 0.717) is 10.2 Å². The Labute approximate surface area is 117 Å². The van der Waals surface area contributed by atoms with E-state index in [0.717, 1.165) is 10.9 Å². The third kappa shape index (κ3) is 2.24. The van der Waals surface area contributed by atoms with Crippen molar-refractivity contribution in [2.75, 3.05) is 0 Å². The topological polar surface area (TPSA) is 55.7 Å². The first-order valence-electron chi connectivity index (χ1n) is 5.62. The molecule has 3 aromatic rings. The lowest BCUT2D eigenvalue weighted by molar-refractivity contribution is 0.102. The van der Waals surface area contributed by atoms with Crippen LogP contribution in [-0.4, -0.2) is 20.7 Å². The van der Waals surface area contributed by atoms with Crippen LogP contribution in [0.2, 0.25) is 0 Å². The van der Waals surface area contributed by atoms with Gasteiger partial charge in [-0.15, -0.1) is 0 Å². The lowest BCUT2D eigenvalue weighted by atomic mass is 10.1. The summed E-state index contributed by atoms with van der Waals surface area (Å²) in [5.74, 6) is -0.245. The van der Waals surface area contributed by atoms with E-state index >= 15 is 0 Å². The van der Waals surface area contributed by atoms with E-state index in [1.165, 1.54) is 18.6 Å². The molecule has 0 saturated carbocycles. The molecule has 4 nitrogen and oxygen atoms in total. The van der Waals surface area contributed by atoms with E-state index in [4.69, 9.17) is 0 Å². The zero-order chi connectivity index (χ0) is 13.2. The number of nitrogens with zero attached hydrogens (tertiary/aromatic N) is 3. The lowest BCUT2D eigenvalue weighted by Crippen LogP contribution is -2.07. The normalized spacial score (nSPS) is 10.6. The Morgan fingerprint density at radius 3 is 2.79 bits per heavy atom. The van der Waals surface area contributed by atoms with Crippen molar-refractivity contribution in [1.82, 2.24) is 15.0 Å². The minimum atomic E-state index is -0.245. The molecule has 0 bridgehead atoms. The molecule has 0 unspecified atom stereocenters. The molecule has 0 spiro atoms. The average Bonchev–Trinajstić information content (AvgIpc) is 2.47. The molecule has 2 aromatic heterocycles. The highest BCUT2D eigenvalue weighted by molar-refractivity contribution is 9.10. The first-order valence-corrected chi connectivity index (χ1v) is 6.41. The molecule has 0 aliphatic carbocycles. The Bertz CT molecular complexity index is 759. The van der Waals surface area contributed by atoms with Gasteiger partial charge in [-0.3, -0.25) is 9.78 Å². The highest BCUT2D eigenvalue weighted by Crippen LogP contribution is 2.22. The van der Waals surface area contributed by atoms with Crippen LogP contribution in [0.3, 0.4) is 0 Å². The molecule has 3 rings (SSSR count). The standard InChI is InChI=1S/C14H8BrN3O/c15-10-7-9-3-1-2-4-11(9)18-13(10)14(19)12-8-16-5-6-17-12/h1-8H. The molecule has 0 radical (unpaired) electrons. The number of aromatic nitrogens is 3. The first-order chi connectivity index (χ1) is 9.25. The number of ketones is 1. The maximum atomic E-state index is 12.3. The van der Waals surface area contributed by atoms with Crippen LogP contribution in [0, 0.1) is 0 Å². The van der Waals surface area contributed by atoms with Gasteiger partial charge in [0.1, 0.15) is 11.4 Å². The van der Waals surface area contributed by atoms with Gasteiger partial charge in [0.05, 0.1) is 11.7 Å². The summed E-state index contributed by atoms with van der Waals surface area (Å²) in [5, 5.41) is 0.977. The lowest BCUT2D eigenvalue weighted by Gasteiger charge is -2.04. The summed E-state index contributed by atoms with van der Waals surface area (Å²) in [5.41, 5.74) is 1.41. The fourth-order valence-corrected chi connectivity index (χ4v) is 2.30. The van der Waals surface area contributed by atoms with Crippen LogP contribution in [0.5, 0.6) is 0 Å². The van der Waals surface area contributed by atoms with Gasteiger partial charge in [0, 0.05) is 22.3 Å². The van der Waals surface area contributed by atoms with Crippen molar-refractivity contribution in [1.29, 1.82) is 0 Å². The maximum absolute atomic E-state index is 12.3. The molecule has 0 atom stereocenters. The largest absolute Gasteiger partial charge is 0.285 e. The fourth-order valence-electron chi connectivity index (χ4n) is 1.79. The molecule has 2 heterocycles. The number of hydrogen-bond acceptors (Lipinski definition) is 4. The summed E-state index contributed by atoms with van der Waals surface area (Å²) in [6.07, 6.45) is 4.45. The van der Waals surface area contributed by atoms with Gasteiger partial charge in [-0.2, -0.15) is 0 Å². The van der Waals surface area contributed by atoms with Gasteiger partial charge in [-0.25, -0.2) is 9.97 Å². The number of para-hydroxylation sites is 1. The van der Waals surface area contributed by atoms with E-state index in [-0.39, 0.29) is 11.5 Å². The second-order valence-electron chi connectivity index (χ2n) is 3.93. The van der Waals surface area contributed by atoms with Gasteiger partial charge < -0.3 is 0 Å². The number of pyridine rings is 1. The van der Waals surface area contributed by atoms with Gasteiger partial charge >= 0.3 is 0 Å². The number of hydrogen-bond donors (Lipinski definition) is 0. The van der Waals surface area contributed by atoms with Crippen LogP contribution in [0.1, 0.15) is 16.2 Å². The molecule has 0 aliphatic heterocycles. The molecule has 0 aliphatic rings. The Kier molecular flexibility index (Phi) is 3.05. The van der Waals surface area contributed by atoms with E-state index in [9.17, 15) is 4.79 Å². The Balaban J connectivity index is 2.15. The minimum Gasteiger partial charge on any atom is -0.285 e. The summed E-state index contributed by atoms with van der Waals surface area (Å²) in [7, 11) is 0. The average molecular weight is 314 g/mol. The second-order valence-corrected chi connectivity index (χ2v) is 4.79. The number of rotatable bonds is 2. The van der Waals surface area contributed by atoms with Crippen LogP contribution < -0.4 is 0 Å². The molecule has 0 amide bonds. The van der Waals surface area contributed by atoms with E-state index in [2.05, 4.69) is 30.9 Å². The van der Waals surface area contributed by atoms with Crippen molar-refractivity contribution in [3.05, 3.63) is 64.8 Å². The number of fused-ring (bicyclic) bond motifs is 1. The van der Waals surface area contributed by atoms with Crippen molar-refractivity contribution >= 4 is 32.6 Å². The van der Waals surface area contributed by atoms with Crippen molar-refractivity contribution in [2.45, 2.75) is 0 Å². The van der Waals surface area contributed by atoms with Crippen molar-refractivity contribution < 1.29 is 4.79 Å². The van der Waals surface area contributed by atoms with E-state index < -0.39 is 0 Å². The second kappa shape index (κ2) is 4.85. The zero-order valence-corrected chi connectivity index (χ0v) is 11.3. The maximum Gasteiger partial charge on any atom is 0.232 e. The number of halogens is 1. The van der Waals surface area contributed by atoms with Gasteiger partial charge in [0.25, 0.3) is 0 Å². The van der Waals surface area contributed by atoms with Crippen molar-refractivity contribution in [2.24, 2.45) is 0 Å². The molecule has 5 heteroatoms. The molecule has 92 valence electrons. The van der Waals surface area contributed by atoms with E-state index in [1.807, 2.05) is 30.3 Å². The first kappa shape index (κ1) is 11.9. The molecule has 19 heavy (non-hydrogen) atoms. The summed E-state index contributed by atoms with van der Waals surface area (Å²) < 4.78 is 0.654. The van der Waals surface area contributed by atoms with Gasteiger partial charge in [-0.05, 0) is 28.1 Å². The van der Waals surface area contributed by atoms with Crippen LogP contribution in [0.4, 0.5) is 0 Å². The highest BCUT2D eigenvalue weighted by atomic mass is 79.9. The quantitative estimate of drug-likeness (QED) is 0.682. The summed E-state index contributed by atoms with van der Waals surface area (Å²) in [6.45, 7) is 0. The van der Waals surface area contributed by atoms with Gasteiger partial charge in [-0.1, -0.05) is 18.2 Å². The predicted molar refractivity (Wildman–Crippen MR) is 74.9 cm³/mol. The molecule has 1 aromatic carbocycles. The van der Waals surface area contributed by atoms with Gasteiger partial charge in [0.15, 0.2) is 0 Å². The summed E-state index contributed by atoms with van der Waals surface area (Å²) >= 11 is 3.38. The smallest absolute Gasteiger partial charge is 0.232 e. The van der Waals surface area contributed by atoms with Crippen LogP contribution >= 0.6 is 15.9 Å². The van der Waals surface area contributed by atoms with Crippen molar-refractivity contribution in [3.8, 4) is 0 Å². The molecular weight excluding hydrogens is 306 g/mol. The molecule has 0 saturated heterocycles. The van der Waals surface area contributed by atoms with E-state index in [1.54, 1.807) is 0 Å². The predicted octanol–water partition coefficient (Wildman–Crippen LogP) is 3.02. The third-order valence-corrected chi connectivity index (χ3v) is 3.29. The zero-order valence-electron chi connectivity index (χ0n) is 9.75. The Hall–Kier alpha value is -2.14. The number of carbonyl (C=O) groups excluding carboxylic acids is 1. The molecular formula is C14H8BrN3O. The van der Waals surface area contributed by atoms with Gasteiger partial charge in [0.2, 0.25) is 5.78 Å². The Morgan fingerprint density at radius 1 is 1.16 bits per heavy atom. The number of carbonyl (C=O) groups is 1. The molecule has 0 N–H and O–H groups in total. The monoisotopic (exact) mass is 313 g/mol. The summed E-state index contributed by atoms with van der Waals surface area (Å²) in [4.78, 5) is 24.6. The summed E-state index contributed by atoms with van der Waals surface area (Å²) in [6, 6.07) is 9.52. The fraction of sp³-hybridized carbons (Fsp3) is 0. The van der Waals surface area contributed by atoms with Crippen LogP contribution in [-0.2, 0) is 0 Å². The van der Waals surface area contributed by atoms with Crippen LogP contribution in [0.15, 0.2) is 53.4 Å². The number of benzene rings is 1. The van der Waals surface area contributed by atoms with Crippen LogP contribution in [0.25, 0.3) is 10.9 Å². The van der Waals surface area contributed by atoms with Crippen molar-refractivity contribution in [3.63, 3.8) is 0 Å². The molecule has 0 fully saturated rings. The minimum absolute atomic E-state index is 0.245. The highest BCUT2D eigenvalue weighted by Gasteiger charge is 2.16. The SMILES string of the molecule is O=C(c1cnccn1)c1nc2ccccc2cc1Br. The Morgan fingerprint density at radius 2 is 2.00 bits per heavy atom.